The molecule has 0 fully saturated rings. The maximum Gasteiger partial charge on any atom is 0.228 e. The highest BCUT2D eigenvalue weighted by Crippen LogP contribution is 2.31. The SMILES string of the molecule is CC(C)C(C)C(=O)Nc1nc2ccc(F)cn2c1-c1cccc(Cl)c1. The summed E-state index contributed by atoms with van der Waals surface area (Å²) < 4.78 is 15.4. The Morgan fingerprint density at radius 1 is 1.24 bits per heavy atom. The molecule has 4 nitrogen and oxygen atoms in total. The van der Waals surface area contributed by atoms with Crippen molar-refractivity contribution in [3.05, 3.63) is 53.4 Å². The van der Waals surface area contributed by atoms with Crippen molar-refractivity contribution in [3.63, 3.8) is 0 Å². The molecule has 2 aromatic heterocycles. The van der Waals surface area contributed by atoms with Crippen molar-refractivity contribution in [3.8, 4) is 11.3 Å². The Morgan fingerprint density at radius 3 is 2.68 bits per heavy atom. The first-order chi connectivity index (χ1) is 11.9. The number of benzene rings is 1. The molecule has 1 amide bonds. The van der Waals surface area contributed by atoms with E-state index in [0.29, 0.717) is 22.2 Å². The van der Waals surface area contributed by atoms with Crippen LogP contribution in [0.2, 0.25) is 5.02 Å². The van der Waals surface area contributed by atoms with E-state index in [9.17, 15) is 9.18 Å². The second kappa shape index (κ2) is 6.84. The van der Waals surface area contributed by atoms with Gasteiger partial charge in [-0.05, 0) is 30.2 Å². The number of hydrogen-bond acceptors (Lipinski definition) is 2. The van der Waals surface area contributed by atoms with Gasteiger partial charge in [-0.15, -0.1) is 0 Å². The van der Waals surface area contributed by atoms with Crippen molar-refractivity contribution in [2.45, 2.75) is 20.8 Å². The van der Waals surface area contributed by atoms with Gasteiger partial charge in [-0.2, -0.15) is 0 Å². The van der Waals surface area contributed by atoms with Gasteiger partial charge in [0.15, 0.2) is 5.82 Å². The Hall–Kier alpha value is -2.40. The van der Waals surface area contributed by atoms with Crippen LogP contribution in [0.15, 0.2) is 42.6 Å². The lowest BCUT2D eigenvalue weighted by molar-refractivity contribution is -0.120. The van der Waals surface area contributed by atoms with Crippen molar-refractivity contribution < 1.29 is 9.18 Å². The highest BCUT2D eigenvalue weighted by Gasteiger charge is 2.21. The predicted octanol–water partition coefficient (Wildman–Crippen LogP) is 5.02. The van der Waals surface area contributed by atoms with Gasteiger partial charge in [-0.3, -0.25) is 9.20 Å². The Morgan fingerprint density at radius 2 is 2.00 bits per heavy atom. The maximum absolute atomic E-state index is 13.8. The van der Waals surface area contributed by atoms with Crippen molar-refractivity contribution in [2.24, 2.45) is 11.8 Å². The molecule has 1 aromatic carbocycles. The molecule has 1 N–H and O–H groups in total. The minimum atomic E-state index is -0.387. The van der Waals surface area contributed by atoms with Gasteiger partial charge in [-0.25, -0.2) is 9.37 Å². The molecule has 3 aromatic rings. The number of imidazole rings is 1. The molecular weight excluding hydrogens is 341 g/mol. The fraction of sp³-hybridized carbons (Fsp3) is 0.263. The molecule has 0 aliphatic carbocycles. The molecule has 25 heavy (non-hydrogen) atoms. The number of nitrogens with one attached hydrogen (secondary N) is 1. The van der Waals surface area contributed by atoms with E-state index in [2.05, 4.69) is 10.3 Å². The summed E-state index contributed by atoms with van der Waals surface area (Å²) in [6.07, 6.45) is 1.35. The molecule has 0 saturated carbocycles. The number of hydrogen-bond donors (Lipinski definition) is 1. The minimum absolute atomic E-state index is 0.123. The summed E-state index contributed by atoms with van der Waals surface area (Å²) in [6, 6.07) is 10.1. The molecule has 1 atom stereocenters. The summed E-state index contributed by atoms with van der Waals surface area (Å²) in [6.45, 7) is 5.84. The fourth-order valence-electron chi connectivity index (χ4n) is 2.55. The topological polar surface area (TPSA) is 46.4 Å². The van der Waals surface area contributed by atoms with Gasteiger partial charge in [0.1, 0.15) is 11.5 Å². The van der Waals surface area contributed by atoms with Crippen LogP contribution in [-0.4, -0.2) is 15.3 Å². The van der Waals surface area contributed by atoms with Gasteiger partial charge >= 0.3 is 0 Å². The Kier molecular flexibility index (Phi) is 4.77. The van der Waals surface area contributed by atoms with Crippen LogP contribution in [-0.2, 0) is 4.79 Å². The maximum atomic E-state index is 13.8. The monoisotopic (exact) mass is 359 g/mol. The molecule has 6 heteroatoms. The zero-order valence-electron chi connectivity index (χ0n) is 14.3. The fourth-order valence-corrected chi connectivity index (χ4v) is 2.74. The van der Waals surface area contributed by atoms with Crippen molar-refractivity contribution in [1.29, 1.82) is 0 Å². The van der Waals surface area contributed by atoms with Crippen LogP contribution < -0.4 is 5.32 Å². The zero-order chi connectivity index (χ0) is 18.1. The number of halogens is 2. The lowest BCUT2D eigenvalue weighted by Gasteiger charge is -2.15. The van der Waals surface area contributed by atoms with E-state index in [1.165, 1.54) is 12.3 Å². The van der Waals surface area contributed by atoms with Gasteiger partial charge in [0.05, 0.1) is 5.69 Å². The Bertz CT molecular complexity index is 936. The number of carbonyl (C=O) groups is 1. The molecule has 0 saturated heterocycles. The molecule has 0 spiro atoms. The summed E-state index contributed by atoms with van der Waals surface area (Å²) in [4.78, 5) is 17.0. The van der Waals surface area contributed by atoms with Crippen LogP contribution in [0.3, 0.4) is 0 Å². The normalized spacial score (nSPS) is 12.6. The number of aromatic nitrogens is 2. The van der Waals surface area contributed by atoms with Crippen LogP contribution in [0.1, 0.15) is 20.8 Å². The number of carbonyl (C=O) groups excluding carboxylic acids is 1. The van der Waals surface area contributed by atoms with Crippen LogP contribution in [0.4, 0.5) is 10.2 Å². The van der Waals surface area contributed by atoms with E-state index in [0.717, 1.165) is 5.56 Å². The highest BCUT2D eigenvalue weighted by molar-refractivity contribution is 6.30. The van der Waals surface area contributed by atoms with Gasteiger partial charge in [0, 0.05) is 22.7 Å². The third-order valence-corrected chi connectivity index (χ3v) is 4.57. The third-order valence-electron chi connectivity index (χ3n) is 4.34. The molecule has 1 unspecified atom stereocenters. The van der Waals surface area contributed by atoms with Gasteiger partial charge in [0.2, 0.25) is 5.91 Å². The molecule has 0 bridgehead atoms. The molecule has 0 aliphatic heterocycles. The number of nitrogens with zero attached hydrogens (tertiary/aromatic N) is 2. The average molecular weight is 360 g/mol. The lowest BCUT2D eigenvalue weighted by atomic mass is 9.97. The van der Waals surface area contributed by atoms with Gasteiger partial charge < -0.3 is 5.32 Å². The zero-order valence-corrected chi connectivity index (χ0v) is 15.0. The molecule has 130 valence electrons. The number of fused-ring (bicyclic) bond motifs is 1. The van der Waals surface area contributed by atoms with Crippen molar-refractivity contribution in [1.82, 2.24) is 9.38 Å². The lowest BCUT2D eigenvalue weighted by Crippen LogP contribution is -2.24. The molecular formula is C19H19ClFN3O. The standard InChI is InChI=1S/C19H19ClFN3O/c1-11(2)12(3)19(25)23-18-17(13-5-4-6-14(20)9-13)24-10-15(21)7-8-16(24)22-18/h4-12H,1-3H3,(H,23,25). The van der Waals surface area contributed by atoms with E-state index < -0.39 is 0 Å². The predicted molar refractivity (Wildman–Crippen MR) is 98.2 cm³/mol. The quantitative estimate of drug-likeness (QED) is 0.710. The number of anilines is 1. The van der Waals surface area contributed by atoms with Crippen LogP contribution in [0.25, 0.3) is 16.9 Å². The molecule has 0 radical (unpaired) electrons. The van der Waals surface area contributed by atoms with E-state index in [-0.39, 0.29) is 23.6 Å². The first-order valence-electron chi connectivity index (χ1n) is 8.11. The number of amides is 1. The van der Waals surface area contributed by atoms with Crippen LogP contribution >= 0.6 is 11.6 Å². The van der Waals surface area contributed by atoms with E-state index in [4.69, 9.17) is 11.6 Å². The Balaban J connectivity index is 2.14. The minimum Gasteiger partial charge on any atom is -0.309 e. The summed E-state index contributed by atoms with van der Waals surface area (Å²) in [7, 11) is 0. The summed E-state index contributed by atoms with van der Waals surface area (Å²) in [5.74, 6) is -0.0908. The summed E-state index contributed by atoms with van der Waals surface area (Å²) >= 11 is 6.10. The smallest absolute Gasteiger partial charge is 0.228 e. The third kappa shape index (κ3) is 3.51. The largest absolute Gasteiger partial charge is 0.309 e. The molecule has 3 rings (SSSR count). The van der Waals surface area contributed by atoms with E-state index >= 15 is 0 Å². The second-order valence-corrected chi connectivity index (χ2v) is 6.85. The highest BCUT2D eigenvalue weighted by atomic mass is 35.5. The van der Waals surface area contributed by atoms with Crippen molar-refractivity contribution in [2.75, 3.05) is 5.32 Å². The van der Waals surface area contributed by atoms with Gasteiger partial charge in [-0.1, -0.05) is 44.5 Å². The average Bonchev–Trinajstić information content (AvgIpc) is 2.90. The van der Waals surface area contributed by atoms with Gasteiger partial charge in [0.25, 0.3) is 0 Å². The summed E-state index contributed by atoms with van der Waals surface area (Å²) in [5.41, 5.74) is 1.89. The van der Waals surface area contributed by atoms with E-state index in [1.54, 1.807) is 28.7 Å². The Labute approximate surface area is 150 Å². The second-order valence-electron chi connectivity index (χ2n) is 6.42. The first kappa shape index (κ1) is 17.4. The number of pyridine rings is 1. The van der Waals surface area contributed by atoms with Crippen LogP contribution in [0.5, 0.6) is 0 Å². The molecule has 2 heterocycles. The summed E-state index contributed by atoms with van der Waals surface area (Å²) in [5, 5.41) is 3.43. The van der Waals surface area contributed by atoms with Crippen LogP contribution in [0, 0.1) is 17.7 Å². The van der Waals surface area contributed by atoms with E-state index in [1.807, 2.05) is 26.8 Å². The number of rotatable bonds is 4. The molecule has 0 aliphatic rings. The van der Waals surface area contributed by atoms with Crippen molar-refractivity contribution >= 4 is 29.0 Å². The first-order valence-corrected chi connectivity index (χ1v) is 8.49.